The second kappa shape index (κ2) is 8.44. The molecule has 2 aliphatic rings. The molecule has 30 heavy (non-hydrogen) atoms. The van der Waals surface area contributed by atoms with E-state index in [-0.39, 0.29) is 11.6 Å². The summed E-state index contributed by atoms with van der Waals surface area (Å²) >= 11 is 5.87. The van der Waals surface area contributed by atoms with E-state index < -0.39 is 11.7 Å². The lowest BCUT2D eigenvalue weighted by Gasteiger charge is -2.22. The number of benzene rings is 2. The normalized spacial score (nSPS) is 20.0. The van der Waals surface area contributed by atoms with Gasteiger partial charge in [0.1, 0.15) is 11.7 Å². The first-order valence-electron chi connectivity index (χ1n) is 10.3. The Morgan fingerprint density at radius 2 is 1.73 bits per heavy atom. The number of rotatable bonds is 4. The molecule has 5 heteroatoms. The number of aryl methyl sites for hydroxylation is 2. The maximum absolute atomic E-state index is 14.4. The van der Waals surface area contributed by atoms with Gasteiger partial charge in [0, 0.05) is 29.4 Å². The number of carbonyl (C=O) groups excluding carboxylic acids is 2. The Kier molecular flexibility index (Phi) is 5.90. The number of ether oxygens (including phenoxy) is 1. The van der Waals surface area contributed by atoms with Gasteiger partial charge in [-0.25, -0.2) is 4.39 Å². The number of hydrogen-bond acceptors (Lipinski definition) is 3. The highest BCUT2D eigenvalue weighted by atomic mass is 35.5. The predicted molar refractivity (Wildman–Crippen MR) is 115 cm³/mol. The number of allylic oxidation sites excluding steroid dienone is 2. The van der Waals surface area contributed by atoms with E-state index in [1.54, 1.807) is 12.1 Å². The molecule has 156 valence electrons. The third kappa shape index (κ3) is 3.99. The van der Waals surface area contributed by atoms with E-state index in [1.165, 1.54) is 12.1 Å². The molecule has 0 bridgehead atoms. The molecule has 0 saturated carbocycles. The summed E-state index contributed by atoms with van der Waals surface area (Å²) in [5.74, 6) is -1.05. The van der Waals surface area contributed by atoms with Gasteiger partial charge >= 0.3 is 0 Å². The van der Waals surface area contributed by atoms with Gasteiger partial charge in [0.05, 0.1) is 0 Å². The third-order valence-corrected chi connectivity index (χ3v) is 6.39. The van der Waals surface area contributed by atoms with E-state index >= 15 is 0 Å². The molecule has 0 spiro atoms. The van der Waals surface area contributed by atoms with Gasteiger partial charge in [-0.3, -0.25) is 9.59 Å². The van der Waals surface area contributed by atoms with E-state index in [4.69, 9.17) is 16.3 Å². The maximum Gasteiger partial charge on any atom is 0.174 e. The molecule has 0 radical (unpaired) electrons. The van der Waals surface area contributed by atoms with E-state index in [2.05, 4.69) is 0 Å². The Morgan fingerprint density at radius 3 is 2.37 bits per heavy atom. The van der Waals surface area contributed by atoms with Crippen LogP contribution in [-0.4, -0.2) is 24.8 Å². The Hall–Kier alpha value is -2.30. The van der Waals surface area contributed by atoms with E-state index in [9.17, 15) is 14.0 Å². The summed E-state index contributed by atoms with van der Waals surface area (Å²) in [6.07, 6.45) is 4.01. The predicted octanol–water partition coefficient (Wildman–Crippen LogP) is 5.74. The molecular weight excluding hydrogens is 403 g/mol. The number of halogens is 2. The topological polar surface area (TPSA) is 43.4 Å². The van der Waals surface area contributed by atoms with Gasteiger partial charge in [-0.15, -0.1) is 0 Å². The first-order valence-corrected chi connectivity index (χ1v) is 10.7. The standard InChI is InChI=1S/C25H24ClFO3/c1-14-9-17(20-4-3-19(26)13-21(20)27)10-15(2)23(14)24-22(28)12-18(25(24)29)11-16-5-7-30-8-6-16/h3-4,9-10,12-13,16,24H,5-8,11H2,1-2H3. The van der Waals surface area contributed by atoms with E-state index in [0.29, 0.717) is 47.3 Å². The average molecular weight is 427 g/mol. The second-order valence-corrected chi connectivity index (χ2v) is 8.71. The highest BCUT2D eigenvalue weighted by Gasteiger charge is 2.38. The first kappa shape index (κ1) is 21.0. The maximum atomic E-state index is 14.4. The number of ketones is 2. The summed E-state index contributed by atoms with van der Waals surface area (Å²) < 4.78 is 19.8. The van der Waals surface area contributed by atoms with Crippen LogP contribution in [0.3, 0.4) is 0 Å². The Bertz CT molecular complexity index is 1030. The van der Waals surface area contributed by atoms with Crippen molar-refractivity contribution in [2.24, 2.45) is 5.92 Å². The van der Waals surface area contributed by atoms with Crippen LogP contribution in [0.2, 0.25) is 5.02 Å². The number of hydrogen-bond donors (Lipinski definition) is 0. The summed E-state index contributed by atoms with van der Waals surface area (Å²) in [4.78, 5) is 25.9. The zero-order valence-corrected chi connectivity index (χ0v) is 17.9. The van der Waals surface area contributed by atoms with Gasteiger partial charge in [-0.2, -0.15) is 0 Å². The summed E-state index contributed by atoms with van der Waals surface area (Å²) in [5, 5.41) is 0.339. The molecule has 0 aromatic heterocycles. The molecule has 1 aliphatic heterocycles. The van der Waals surface area contributed by atoms with Crippen LogP contribution in [0.1, 0.15) is 41.9 Å². The van der Waals surface area contributed by atoms with Crippen LogP contribution < -0.4 is 0 Å². The molecule has 1 heterocycles. The fraction of sp³-hybridized carbons (Fsp3) is 0.360. The van der Waals surface area contributed by atoms with Crippen LogP contribution in [0.25, 0.3) is 11.1 Å². The van der Waals surface area contributed by atoms with Crippen molar-refractivity contribution in [3.05, 3.63) is 69.5 Å². The third-order valence-electron chi connectivity index (χ3n) is 6.15. The summed E-state index contributed by atoms with van der Waals surface area (Å²) in [5.41, 5.74) is 4.14. The lowest BCUT2D eigenvalue weighted by molar-refractivity contribution is -0.123. The quantitative estimate of drug-likeness (QED) is 0.585. The van der Waals surface area contributed by atoms with Gasteiger partial charge in [0.15, 0.2) is 11.6 Å². The smallest absolute Gasteiger partial charge is 0.174 e. The monoisotopic (exact) mass is 426 g/mol. The fourth-order valence-electron chi connectivity index (χ4n) is 4.64. The van der Waals surface area contributed by atoms with Crippen LogP contribution in [0.5, 0.6) is 0 Å². The molecular formula is C25H24ClFO3. The molecule has 1 aliphatic carbocycles. The molecule has 1 unspecified atom stereocenters. The molecule has 1 atom stereocenters. The van der Waals surface area contributed by atoms with Crippen LogP contribution in [-0.2, 0) is 14.3 Å². The molecule has 2 aromatic rings. The first-order chi connectivity index (χ1) is 14.3. The van der Waals surface area contributed by atoms with Gasteiger partial charge in [0.2, 0.25) is 0 Å². The van der Waals surface area contributed by atoms with Crippen LogP contribution in [0, 0.1) is 25.6 Å². The van der Waals surface area contributed by atoms with Crippen LogP contribution in [0.15, 0.2) is 42.0 Å². The SMILES string of the molecule is Cc1cc(-c2ccc(Cl)cc2F)cc(C)c1C1C(=O)C=C(CC2CCOCC2)C1=O. The van der Waals surface area contributed by atoms with Crippen molar-refractivity contribution in [3.8, 4) is 11.1 Å². The minimum atomic E-state index is -0.788. The van der Waals surface area contributed by atoms with Crippen LogP contribution in [0.4, 0.5) is 4.39 Å². The van der Waals surface area contributed by atoms with Gasteiger partial charge in [-0.05, 0) is 85.6 Å². The number of carbonyl (C=O) groups is 2. The summed E-state index contributed by atoms with van der Waals surface area (Å²) in [6.45, 7) is 5.17. The van der Waals surface area contributed by atoms with Crippen molar-refractivity contribution in [2.45, 2.75) is 39.0 Å². The molecule has 1 fully saturated rings. The zero-order valence-electron chi connectivity index (χ0n) is 17.1. The Balaban J connectivity index is 1.62. The van der Waals surface area contributed by atoms with Crippen molar-refractivity contribution in [1.82, 2.24) is 0 Å². The minimum Gasteiger partial charge on any atom is -0.381 e. The van der Waals surface area contributed by atoms with E-state index in [1.807, 2.05) is 26.0 Å². The van der Waals surface area contributed by atoms with Gasteiger partial charge < -0.3 is 4.74 Å². The van der Waals surface area contributed by atoms with Crippen molar-refractivity contribution in [1.29, 1.82) is 0 Å². The van der Waals surface area contributed by atoms with Crippen molar-refractivity contribution in [2.75, 3.05) is 13.2 Å². The largest absolute Gasteiger partial charge is 0.381 e. The highest BCUT2D eigenvalue weighted by molar-refractivity contribution is 6.30. The number of Topliss-reactive ketones (excluding diaryl/α,β-unsaturated/α-hetero) is 1. The van der Waals surface area contributed by atoms with Crippen molar-refractivity contribution < 1.29 is 18.7 Å². The molecule has 2 aromatic carbocycles. The van der Waals surface area contributed by atoms with Crippen LogP contribution >= 0.6 is 11.6 Å². The zero-order chi connectivity index (χ0) is 21.4. The fourth-order valence-corrected chi connectivity index (χ4v) is 4.80. The summed E-state index contributed by atoms with van der Waals surface area (Å²) in [7, 11) is 0. The molecule has 1 saturated heterocycles. The highest BCUT2D eigenvalue weighted by Crippen LogP contribution is 2.38. The molecule has 0 amide bonds. The van der Waals surface area contributed by atoms with Crippen molar-refractivity contribution >= 4 is 23.2 Å². The lowest BCUT2D eigenvalue weighted by atomic mass is 9.83. The average Bonchev–Trinajstić information content (AvgIpc) is 2.96. The lowest BCUT2D eigenvalue weighted by Crippen LogP contribution is -2.20. The molecule has 3 nitrogen and oxygen atoms in total. The van der Waals surface area contributed by atoms with E-state index in [0.717, 1.165) is 29.5 Å². The minimum absolute atomic E-state index is 0.0943. The Labute approximate surface area is 180 Å². The summed E-state index contributed by atoms with van der Waals surface area (Å²) in [6, 6.07) is 8.25. The Morgan fingerprint density at radius 1 is 1.07 bits per heavy atom. The molecule has 0 N–H and O–H groups in total. The van der Waals surface area contributed by atoms with Gasteiger partial charge in [0.25, 0.3) is 0 Å². The second-order valence-electron chi connectivity index (χ2n) is 8.28. The van der Waals surface area contributed by atoms with Crippen molar-refractivity contribution in [3.63, 3.8) is 0 Å². The van der Waals surface area contributed by atoms with Gasteiger partial charge in [-0.1, -0.05) is 23.7 Å². The molecule has 4 rings (SSSR count).